The summed E-state index contributed by atoms with van der Waals surface area (Å²) < 4.78 is 1.96. The standard InChI is InChI=1S/C3H4N2.Sn/c1-2-4-5-3-1;/h1-3H,(H,4,5);/q;+1. The molecule has 0 aliphatic rings. The van der Waals surface area contributed by atoms with Gasteiger partial charge in [-0.15, -0.1) is 0 Å². The van der Waals surface area contributed by atoms with Crippen molar-refractivity contribution in [3.8, 4) is 0 Å². The second-order valence-corrected chi connectivity index (χ2v) is 2.38. The summed E-state index contributed by atoms with van der Waals surface area (Å²) in [5, 5.41) is 2.96. The number of H-pyrrole nitrogens is 1. The fraction of sp³-hybridized carbons (Fsp3) is 0. The third-order valence-corrected chi connectivity index (χ3v) is 1.34. The average Bonchev–Trinajstić information content (AvgIpc) is 1.86. The van der Waals surface area contributed by atoms with Gasteiger partial charge in [-0.2, -0.15) is 0 Å². The van der Waals surface area contributed by atoms with Crippen LogP contribution in [0.2, 0.25) is 0 Å². The van der Waals surface area contributed by atoms with Crippen LogP contribution >= 0.6 is 0 Å². The Morgan fingerprint density at radius 3 is 2.67 bits per heavy atom. The van der Waals surface area contributed by atoms with Gasteiger partial charge >= 0.3 is 49.3 Å². The predicted octanol–water partition coefficient (Wildman–Crippen LogP) is -0.766. The molecule has 0 atom stereocenters. The van der Waals surface area contributed by atoms with Crippen LogP contribution in [0.1, 0.15) is 0 Å². The molecule has 6 heavy (non-hydrogen) atoms. The Labute approximate surface area is 49.6 Å². The number of rotatable bonds is 0. The maximum atomic E-state index is 2.96. The minimum atomic E-state index is 1.37. The molecule has 0 saturated heterocycles. The van der Waals surface area contributed by atoms with Crippen LogP contribution in [0, 0.1) is 0 Å². The van der Waals surface area contributed by atoms with Crippen molar-refractivity contribution in [2.45, 2.75) is 0 Å². The van der Waals surface area contributed by atoms with Crippen LogP contribution in [0.5, 0.6) is 0 Å². The maximum absolute atomic E-state index is 2.96. The monoisotopic (exact) mass is 188 g/mol. The second kappa shape index (κ2) is 1.64. The third kappa shape index (κ3) is 0.739. The molecule has 3 radical (unpaired) electrons. The topological polar surface area (TPSA) is 19.7 Å². The molecule has 1 N–H and O–H groups in total. The molecule has 0 aromatic carbocycles. The first-order valence-electron chi connectivity index (χ1n) is 1.66. The Morgan fingerprint density at radius 1 is 1.67 bits per heavy atom. The van der Waals surface area contributed by atoms with Gasteiger partial charge in [-0.1, -0.05) is 0 Å². The molecule has 1 aromatic rings. The van der Waals surface area contributed by atoms with Crippen molar-refractivity contribution in [3.05, 3.63) is 18.5 Å². The summed E-state index contributed by atoms with van der Waals surface area (Å²) in [5.74, 6) is 0. The van der Waals surface area contributed by atoms with Crippen LogP contribution in [0.25, 0.3) is 0 Å². The number of nitrogens with zero attached hydrogens (tertiary/aromatic N) is 1. The molecule has 0 saturated carbocycles. The van der Waals surface area contributed by atoms with Crippen molar-refractivity contribution in [1.82, 2.24) is 5.10 Å². The zero-order valence-corrected chi connectivity index (χ0v) is 6.03. The van der Waals surface area contributed by atoms with Crippen LogP contribution in [-0.2, 0) is 0 Å². The Balaban J connectivity index is 3.05. The van der Waals surface area contributed by atoms with E-state index in [1.54, 1.807) is 0 Å². The summed E-state index contributed by atoms with van der Waals surface area (Å²) >= 11 is 1.37. The zero-order chi connectivity index (χ0) is 4.41. The van der Waals surface area contributed by atoms with Crippen molar-refractivity contribution in [2.24, 2.45) is 0 Å². The van der Waals surface area contributed by atoms with Gasteiger partial charge in [-0.25, -0.2) is 0 Å². The van der Waals surface area contributed by atoms with E-state index in [1.807, 2.05) is 21.4 Å². The third-order valence-electron chi connectivity index (χ3n) is 0.545. The molecule has 2 nitrogen and oxygen atoms in total. The summed E-state index contributed by atoms with van der Waals surface area (Å²) in [6, 6.07) is 1.97. The molecule has 0 bridgehead atoms. The molecular formula is C3H4N2Sn+. The fourth-order valence-electron chi connectivity index (χ4n) is 0.295. The normalized spacial score (nSPS) is 8.83. The molecular weight excluding hydrogens is 183 g/mol. The number of aromatic nitrogens is 2. The van der Waals surface area contributed by atoms with E-state index in [9.17, 15) is 0 Å². The van der Waals surface area contributed by atoms with Gasteiger partial charge in [0.25, 0.3) is 0 Å². The molecule has 1 heterocycles. The van der Waals surface area contributed by atoms with Crippen molar-refractivity contribution in [3.63, 3.8) is 0 Å². The number of aromatic amines is 1. The fourth-order valence-corrected chi connectivity index (χ4v) is 0.754. The molecule has 1 aromatic heterocycles. The molecule has 0 unspecified atom stereocenters. The Morgan fingerprint density at radius 2 is 2.50 bits per heavy atom. The van der Waals surface area contributed by atoms with Crippen LogP contribution in [-0.4, -0.2) is 27.9 Å². The molecule has 0 aliphatic heterocycles. The minimum absolute atomic E-state index is 1.37. The second-order valence-electron chi connectivity index (χ2n) is 1.01. The van der Waals surface area contributed by atoms with E-state index < -0.39 is 0 Å². The van der Waals surface area contributed by atoms with Crippen LogP contribution in [0.15, 0.2) is 18.5 Å². The molecule has 3 heteroatoms. The van der Waals surface area contributed by atoms with Gasteiger partial charge in [0.1, 0.15) is 0 Å². The van der Waals surface area contributed by atoms with Gasteiger partial charge in [0.15, 0.2) is 0 Å². The Bertz CT molecular complexity index is 112. The van der Waals surface area contributed by atoms with Crippen molar-refractivity contribution in [1.29, 1.82) is 0 Å². The van der Waals surface area contributed by atoms with E-state index in [0.29, 0.717) is 0 Å². The van der Waals surface area contributed by atoms with E-state index in [4.69, 9.17) is 0 Å². The van der Waals surface area contributed by atoms with Crippen molar-refractivity contribution in [2.75, 3.05) is 0 Å². The SMILES string of the molecule is [Sn][n+]1ccc[nH]1. The molecule has 0 spiro atoms. The number of hydrogen-bond acceptors (Lipinski definition) is 0. The molecule has 1 rings (SSSR count). The summed E-state index contributed by atoms with van der Waals surface area (Å²) in [7, 11) is 0. The number of hydrogen-bond donors (Lipinski definition) is 1. The first kappa shape index (κ1) is 4.18. The first-order chi connectivity index (χ1) is 2.89. The quantitative estimate of drug-likeness (QED) is 0.514. The van der Waals surface area contributed by atoms with Crippen molar-refractivity contribution < 1.29 is 2.90 Å². The first-order valence-corrected chi connectivity index (χ1v) is 2.94. The van der Waals surface area contributed by atoms with Gasteiger partial charge in [0.05, 0.1) is 0 Å². The molecule has 29 valence electrons. The molecule has 0 amide bonds. The zero-order valence-electron chi connectivity index (χ0n) is 3.18. The molecule has 0 aliphatic carbocycles. The van der Waals surface area contributed by atoms with E-state index in [1.165, 1.54) is 22.8 Å². The van der Waals surface area contributed by atoms with Gasteiger partial charge in [0.2, 0.25) is 0 Å². The number of nitrogens with one attached hydrogen (secondary N) is 1. The Kier molecular flexibility index (Phi) is 1.14. The van der Waals surface area contributed by atoms with Crippen LogP contribution in [0.4, 0.5) is 0 Å². The predicted molar refractivity (Wildman–Crippen MR) is 22.1 cm³/mol. The average molecular weight is 187 g/mol. The molecule has 0 fully saturated rings. The van der Waals surface area contributed by atoms with Gasteiger partial charge < -0.3 is 0 Å². The van der Waals surface area contributed by atoms with Crippen molar-refractivity contribution >= 4 is 22.8 Å². The van der Waals surface area contributed by atoms with Gasteiger partial charge in [-0.05, 0) is 0 Å². The van der Waals surface area contributed by atoms with Crippen LogP contribution in [0.3, 0.4) is 0 Å². The summed E-state index contributed by atoms with van der Waals surface area (Å²) in [4.78, 5) is 0. The van der Waals surface area contributed by atoms with Gasteiger partial charge in [0, 0.05) is 0 Å². The summed E-state index contributed by atoms with van der Waals surface area (Å²) in [6.45, 7) is 0. The van der Waals surface area contributed by atoms with E-state index in [0.717, 1.165) is 0 Å². The van der Waals surface area contributed by atoms with Crippen LogP contribution < -0.4 is 2.90 Å². The Hall–Kier alpha value is 0.00870. The summed E-state index contributed by atoms with van der Waals surface area (Å²) in [5.41, 5.74) is 0. The van der Waals surface area contributed by atoms with Gasteiger partial charge in [-0.3, -0.25) is 0 Å². The van der Waals surface area contributed by atoms with E-state index in [2.05, 4.69) is 5.10 Å². The van der Waals surface area contributed by atoms with E-state index >= 15 is 0 Å². The summed E-state index contributed by atoms with van der Waals surface area (Å²) in [6.07, 6.45) is 3.88. The van der Waals surface area contributed by atoms with E-state index in [-0.39, 0.29) is 0 Å².